The maximum Gasteiger partial charge on any atom is 0.339 e. The summed E-state index contributed by atoms with van der Waals surface area (Å²) in [6, 6.07) is 11.7. The molecule has 0 aliphatic carbocycles. The zero-order valence-corrected chi connectivity index (χ0v) is 17.2. The van der Waals surface area contributed by atoms with Crippen molar-refractivity contribution < 1.29 is 22.7 Å². The van der Waals surface area contributed by atoms with Crippen LogP contribution in [0.1, 0.15) is 10.4 Å². The quantitative estimate of drug-likeness (QED) is 0.687. The molecule has 2 aromatic rings. The van der Waals surface area contributed by atoms with Crippen LogP contribution in [0.4, 0.5) is 5.69 Å². The molecule has 0 bridgehead atoms. The van der Waals surface area contributed by atoms with E-state index in [2.05, 4.69) is 9.64 Å². The topological polar surface area (TPSA) is 76.2 Å². The summed E-state index contributed by atoms with van der Waals surface area (Å²) in [4.78, 5) is 13.9. The molecular weight excluding hydrogens is 404 g/mol. The van der Waals surface area contributed by atoms with Crippen molar-refractivity contribution >= 4 is 33.3 Å². The zero-order valence-electron chi connectivity index (χ0n) is 15.6. The Morgan fingerprint density at radius 3 is 2.36 bits per heavy atom. The lowest BCUT2D eigenvalue weighted by Gasteiger charge is -2.36. The fourth-order valence-corrected chi connectivity index (χ4v) is 4.78. The first-order valence-electron chi connectivity index (χ1n) is 8.64. The fourth-order valence-electron chi connectivity index (χ4n) is 3.14. The number of esters is 1. The summed E-state index contributed by atoms with van der Waals surface area (Å²) in [5.74, 6) is 0.0715. The average Bonchev–Trinajstić information content (AvgIpc) is 2.73. The standard InChI is InChI=1S/C19H21ClN2O5S/c1-26-18-6-4-3-5-17(18)21-9-11-22(12-10-21)28(24,25)14-7-8-16(20)15(13-14)19(23)27-2/h3-8,13H,9-12H2,1-2H3. The number of hydrogen-bond donors (Lipinski definition) is 0. The second-order valence-electron chi connectivity index (χ2n) is 6.20. The number of carbonyl (C=O) groups is 1. The van der Waals surface area contributed by atoms with Gasteiger partial charge in [-0.2, -0.15) is 4.31 Å². The third kappa shape index (κ3) is 3.94. The predicted octanol–water partition coefficient (Wildman–Crippen LogP) is 2.65. The smallest absolute Gasteiger partial charge is 0.339 e. The summed E-state index contributed by atoms with van der Waals surface area (Å²) < 4.78 is 37.5. The third-order valence-corrected chi connectivity index (χ3v) is 6.87. The van der Waals surface area contributed by atoms with Gasteiger partial charge in [-0.25, -0.2) is 13.2 Å². The van der Waals surface area contributed by atoms with Crippen molar-refractivity contribution in [1.82, 2.24) is 4.31 Å². The lowest BCUT2D eigenvalue weighted by Crippen LogP contribution is -2.48. The number of hydrogen-bond acceptors (Lipinski definition) is 6. The van der Waals surface area contributed by atoms with Crippen molar-refractivity contribution in [2.45, 2.75) is 4.90 Å². The molecule has 28 heavy (non-hydrogen) atoms. The lowest BCUT2D eigenvalue weighted by molar-refractivity contribution is 0.0600. The van der Waals surface area contributed by atoms with Crippen LogP contribution in [0.3, 0.4) is 0 Å². The molecule has 1 fully saturated rings. The number of methoxy groups -OCH3 is 2. The number of piperazine rings is 1. The Balaban J connectivity index is 1.79. The van der Waals surface area contributed by atoms with Crippen LogP contribution in [0, 0.1) is 0 Å². The van der Waals surface area contributed by atoms with Gasteiger partial charge in [0.2, 0.25) is 10.0 Å². The van der Waals surface area contributed by atoms with Crippen LogP contribution in [0.15, 0.2) is 47.4 Å². The van der Waals surface area contributed by atoms with Crippen LogP contribution in [-0.4, -0.2) is 59.1 Å². The van der Waals surface area contributed by atoms with Gasteiger partial charge < -0.3 is 14.4 Å². The molecule has 0 N–H and O–H groups in total. The molecular formula is C19H21ClN2O5S. The molecule has 2 aromatic carbocycles. The van der Waals surface area contributed by atoms with Crippen molar-refractivity contribution in [3.8, 4) is 5.75 Å². The van der Waals surface area contributed by atoms with Crippen LogP contribution in [0.2, 0.25) is 5.02 Å². The minimum Gasteiger partial charge on any atom is -0.495 e. The van der Waals surface area contributed by atoms with E-state index in [1.165, 1.54) is 29.6 Å². The fraction of sp³-hybridized carbons (Fsp3) is 0.316. The van der Waals surface area contributed by atoms with Gasteiger partial charge in [-0.1, -0.05) is 23.7 Å². The van der Waals surface area contributed by atoms with E-state index in [4.69, 9.17) is 16.3 Å². The molecule has 1 aliphatic heterocycles. The Morgan fingerprint density at radius 1 is 1.04 bits per heavy atom. The number of carbonyl (C=O) groups excluding carboxylic acids is 1. The van der Waals surface area contributed by atoms with Crippen LogP contribution in [-0.2, 0) is 14.8 Å². The van der Waals surface area contributed by atoms with Crippen LogP contribution < -0.4 is 9.64 Å². The largest absolute Gasteiger partial charge is 0.495 e. The highest BCUT2D eigenvalue weighted by atomic mass is 35.5. The molecule has 1 saturated heterocycles. The second kappa shape index (κ2) is 8.38. The molecule has 0 aromatic heterocycles. The average molecular weight is 425 g/mol. The number of nitrogens with zero attached hydrogens (tertiary/aromatic N) is 2. The van der Waals surface area contributed by atoms with Crippen molar-refractivity contribution in [1.29, 1.82) is 0 Å². The summed E-state index contributed by atoms with van der Waals surface area (Å²) in [7, 11) is -0.926. The Labute approximate surface area is 169 Å². The highest BCUT2D eigenvalue weighted by molar-refractivity contribution is 7.89. The van der Waals surface area contributed by atoms with E-state index in [-0.39, 0.29) is 15.5 Å². The van der Waals surface area contributed by atoms with Gasteiger partial charge in [0.15, 0.2) is 0 Å². The normalized spacial score (nSPS) is 15.3. The van der Waals surface area contributed by atoms with Gasteiger partial charge in [-0.05, 0) is 30.3 Å². The Morgan fingerprint density at radius 2 is 1.71 bits per heavy atom. The molecule has 0 saturated carbocycles. The van der Waals surface area contributed by atoms with Gasteiger partial charge in [0, 0.05) is 26.2 Å². The monoisotopic (exact) mass is 424 g/mol. The van der Waals surface area contributed by atoms with E-state index in [0.29, 0.717) is 26.2 Å². The van der Waals surface area contributed by atoms with Crippen molar-refractivity contribution in [2.24, 2.45) is 0 Å². The maximum atomic E-state index is 13.0. The minimum atomic E-state index is -3.76. The van der Waals surface area contributed by atoms with Crippen molar-refractivity contribution in [2.75, 3.05) is 45.3 Å². The van der Waals surface area contributed by atoms with Crippen molar-refractivity contribution in [3.05, 3.63) is 53.1 Å². The predicted molar refractivity (Wildman–Crippen MR) is 107 cm³/mol. The van der Waals surface area contributed by atoms with Crippen molar-refractivity contribution in [3.63, 3.8) is 0 Å². The van der Waals surface area contributed by atoms with E-state index < -0.39 is 16.0 Å². The molecule has 1 aliphatic rings. The molecule has 0 atom stereocenters. The summed E-state index contributed by atoms with van der Waals surface area (Å²) in [6.45, 7) is 1.68. The number of sulfonamides is 1. The van der Waals surface area contributed by atoms with Gasteiger partial charge >= 0.3 is 5.97 Å². The summed E-state index contributed by atoms with van der Waals surface area (Å²) in [6.07, 6.45) is 0. The minimum absolute atomic E-state index is 0.0167. The number of para-hydroxylation sites is 2. The molecule has 7 nitrogen and oxygen atoms in total. The Bertz CT molecular complexity index is 972. The lowest BCUT2D eigenvalue weighted by atomic mass is 10.2. The number of anilines is 1. The SMILES string of the molecule is COC(=O)c1cc(S(=O)(=O)N2CCN(c3ccccc3OC)CC2)ccc1Cl. The number of benzene rings is 2. The number of halogens is 1. The van der Waals surface area contributed by atoms with Gasteiger partial charge in [0.05, 0.1) is 35.4 Å². The number of ether oxygens (including phenoxy) is 2. The van der Waals surface area contributed by atoms with Crippen LogP contribution >= 0.6 is 11.6 Å². The number of rotatable bonds is 5. The summed E-state index contributed by atoms with van der Waals surface area (Å²) in [5.41, 5.74) is 0.958. The van der Waals surface area contributed by atoms with Gasteiger partial charge in [0.1, 0.15) is 5.75 Å². The molecule has 0 spiro atoms. The van der Waals surface area contributed by atoms with Crippen LogP contribution in [0.5, 0.6) is 5.75 Å². The van der Waals surface area contributed by atoms with Gasteiger partial charge in [0.25, 0.3) is 0 Å². The van der Waals surface area contributed by atoms with E-state index in [1.54, 1.807) is 7.11 Å². The van der Waals surface area contributed by atoms with E-state index in [9.17, 15) is 13.2 Å². The molecule has 1 heterocycles. The molecule has 150 valence electrons. The molecule has 0 unspecified atom stereocenters. The third-order valence-electron chi connectivity index (χ3n) is 4.65. The first-order valence-corrected chi connectivity index (χ1v) is 10.5. The highest BCUT2D eigenvalue weighted by Gasteiger charge is 2.30. The zero-order chi connectivity index (χ0) is 20.3. The van der Waals surface area contributed by atoms with E-state index in [1.807, 2.05) is 24.3 Å². The maximum absolute atomic E-state index is 13.0. The molecule has 0 radical (unpaired) electrons. The molecule has 3 rings (SSSR count). The Kier molecular flexibility index (Phi) is 6.12. The van der Waals surface area contributed by atoms with E-state index in [0.717, 1.165) is 11.4 Å². The Hall–Kier alpha value is -2.29. The summed E-state index contributed by atoms with van der Waals surface area (Å²) >= 11 is 5.99. The molecule has 0 amide bonds. The van der Waals surface area contributed by atoms with E-state index >= 15 is 0 Å². The first-order chi connectivity index (χ1) is 13.4. The summed E-state index contributed by atoms with van der Waals surface area (Å²) in [5, 5.41) is 0.145. The first kappa shape index (κ1) is 20.4. The van der Waals surface area contributed by atoms with Gasteiger partial charge in [-0.15, -0.1) is 0 Å². The highest BCUT2D eigenvalue weighted by Crippen LogP contribution is 2.30. The molecule has 9 heteroatoms. The van der Waals surface area contributed by atoms with Gasteiger partial charge in [-0.3, -0.25) is 0 Å². The second-order valence-corrected chi connectivity index (χ2v) is 8.54. The van der Waals surface area contributed by atoms with Crippen LogP contribution in [0.25, 0.3) is 0 Å².